The number of rotatable bonds is 3. The summed E-state index contributed by atoms with van der Waals surface area (Å²) in [5.41, 5.74) is -1.39. The second-order valence-electron chi connectivity index (χ2n) is 7.86. The largest absolute Gasteiger partial charge is 0.459 e. The van der Waals surface area contributed by atoms with E-state index < -0.39 is 17.2 Å². The van der Waals surface area contributed by atoms with Gasteiger partial charge in [-0.25, -0.2) is 4.79 Å². The number of nitrogens with one attached hydrogen (secondary N) is 3. The minimum Gasteiger partial charge on any atom is -0.459 e. The molecule has 2 saturated heterocycles. The average Bonchev–Trinajstić information content (AvgIpc) is 2.80. The van der Waals surface area contributed by atoms with Crippen molar-refractivity contribution >= 4 is 23.9 Å². The topological polar surface area (TPSA) is 112 Å². The molecule has 146 valence electrons. The van der Waals surface area contributed by atoms with E-state index in [1.807, 2.05) is 25.7 Å². The van der Waals surface area contributed by atoms with Crippen molar-refractivity contribution in [3.63, 3.8) is 0 Å². The lowest BCUT2D eigenvalue weighted by Gasteiger charge is -2.39. The van der Waals surface area contributed by atoms with Crippen molar-refractivity contribution < 1.29 is 19.1 Å². The Kier molecular flexibility index (Phi) is 5.77. The number of hydrogen-bond donors (Lipinski definition) is 3. The van der Waals surface area contributed by atoms with Gasteiger partial charge < -0.3 is 20.3 Å². The van der Waals surface area contributed by atoms with E-state index >= 15 is 0 Å². The summed E-state index contributed by atoms with van der Waals surface area (Å²) >= 11 is 0. The molecule has 26 heavy (non-hydrogen) atoms. The molecule has 2 aliphatic rings. The number of guanidine groups is 1. The minimum absolute atomic E-state index is 0.0417. The van der Waals surface area contributed by atoms with Gasteiger partial charge in [-0.15, -0.1) is 0 Å². The number of amides is 3. The van der Waals surface area contributed by atoms with Crippen LogP contribution in [0.4, 0.5) is 4.79 Å². The van der Waals surface area contributed by atoms with Crippen LogP contribution in [-0.2, 0) is 14.3 Å². The van der Waals surface area contributed by atoms with E-state index in [0.29, 0.717) is 19.0 Å². The summed E-state index contributed by atoms with van der Waals surface area (Å²) in [6.07, 6.45) is 1.47. The SMILES string of the molecule is CN=C(NCC(=O)OC(C)(C)C)N1CCC(C2(C)NC(=O)NC2=O)CC1. The molecule has 9 nitrogen and oxygen atoms in total. The average molecular weight is 367 g/mol. The highest BCUT2D eigenvalue weighted by Crippen LogP contribution is 2.30. The number of piperidine rings is 1. The summed E-state index contributed by atoms with van der Waals surface area (Å²) < 4.78 is 5.28. The molecule has 1 unspecified atom stereocenters. The number of nitrogens with zero attached hydrogens (tertiary/aromatic N) is 2. The summed E-state index contributed by atoms with van der Waals surface area (Å²) in [5, 5.41) is 8.08. The van der Waals surface area contributed by atoms with Crippen LogP contribution in [0.5, 0.6) is 0 Å². The van der Waals surface area contributed by atoms with Crippen LogP contribution in [0.3, 0.4) is 0 Å². The van der Waals surface area contributed by atoms with Gasteiger partial charge in [-0.3, -0.25) is 19.9 Å². The molecule has 9 heteroatoms. The number of urea groups is 1. The minimum atomic E-state index is -0.864. The lowest BCUT2D eigenvalue weighted by molar-refractivity contribution is -0.153. The van der Waals surface area contributed by atoms with E-state index in [0.717, 1.165) is 12.8 Å². The molecule has 1 atom stereocenters. The van der Waals surface area contributed by atoms with Crippen molar-refractivity contribution in [2.45, 2.75) is 51.7 Å². The highest BCUT2D eigenvalue weighted by atomic mass is 16.6. The number of esters is 1. The molecule has 0 bridgehead atoms. The summed E-state index contributed by atoms with van der Waals surface area (Å²) in [7, 11) is 1.66. The van der Waals surface area contributed by atoms with Gasteiger partial charge in [0.05, 0.1) is 0 Å². The van der Waals surface area contributed by atoms with Crippen molar-refractivity contribution in [2.24, 2.45) is 10.9 Å². The maximum Gasteiger partial charge on any atom is 0.325 e. The van der Waals surface area contributed by atoms with Crippen LogP contribution < -0.4 is 16.0 Å². The summed E-state index contributed by atoms with van der Waals surface area (Å²) in [6, 6.07) is -0.435. The predicted octanol–water partition coefficient (Wildman–Crippen LogP) is 0.214. The molecular weight excluding hydrogens is 338 g/mol. The first-order valence-corrected chi connectivity index (χ1v) is 8.86. The monoisotopic (exact) mass is 367 g/mol. The van der Waals surface area contributed by atoms with E-state index in [1.54, 1.807) is 14.0 Å². The molecule has 0 aromatic rings. The van der Waals surface area contributed by atoms with Gasteiger partial charge in [-0.1, -0.05) is 0 Å². The smallest absolute Gasteiger partial charge is 0.325 e. The standard InChI is InChI=1S/C17H29N5O4/c1-16(2,3)26-12(23)10-19-14(18-5)22-8-6-11(7-9-22)17(4)13(24)20-15(25)21-17/h11H,6-10H2,1-5H3,(H,18,19)(H2,20,21,24,25). The fourth-order valence-electron chi connectivity index (χ4n) is 3.37. The van der Waals surface area contributed by atoms with E-state index in [4.69, 9.17) is 4.74 Å². The molecule has 2 rings (SSSR count). The zero-order valence-electron chi connectivity index (χ0n) is 16.1. The summed E-state index contributed by atoms with van der Waals surface area (Å²) in [6.45, 7) is 8.63. The number of imide groups is 1. The molecule has 2 heterocycles. The molecule has 0 spiro atoms. The van der Waals surface area contributed by atoms with Crippen molar-refractivity contribution in [1.29, 1.82) is 0 Å². The Morgan fingerprint density at radius 1 is 1.35 bits per heavy atom. The number of hydrogen-bond acceptors (Lipinski definition) is 5. The van der Waals surface area contributed by atoms with Crippen molar-refractivity contribution in [3.05, 3.63) is 0 Å². The van der Waals surface area contributed by atoms with E-state index in [1.165, 1.54) is 0 Å². The van der Waals surface area contributed by atoms with E-state index in [-0.39, 0.29) is 24.3 Å². The first kappa shape index (κ1) is 20.0. The second kappa shape index (κ2) is 7.51. The molecule has 2 aliphatic heterocycles. The zero-order valence-corrected chi connectivity index (χ0v) is 16.1. The Hall–Kier alpha value is -2.32. The van der Waals surface area contributed by atoms with Crippen LogP contribution in [0.25, 0.3) is 0 Å². The quantitative estimate of drug-likeness (QED) is 0.285. The zero-order chi connectivity index (χ0) is 19.5. The van der Waals surface area contributed by atoms with Gasteiger partial charge in [0.15, 0.2) is 5.96 Å². The van der Waals surface area contributed by atoms with Crippen LogP contribution in [0.15, 0.2) is 4.99 Å². The first-order chi connectivity index (χ1) is 12.0. The van der Waals surface area contributed by atoms with Crippen LogP contribution in [-0.4, -0.2) is 66.6 Å². The summed E-state index contributed by atoms with van der Waals surface area (Å²) in [5.74, 6) is 0.0632. The third-order valence-corrected chi connectivity index (χ3v) is 4.71. The van der Waals surface area contributed by atoms with Gasteiger partial charge in [-0.05, 0) is 46.5 Å². The number of likely N-dealkylation sites (tertiary alicyclic amines) is 1. The highest BCUT2D eigenvalue weighted by molar-refractivity contribution is 6.07. The fourth-order valence-corrected chi connectivity index (χ4v) is 3.37. The van der Waals surface area contributed by atoms with Gasteiger partial charge in [-0.2, -0.15) is 0 Å². The van der Waals surface area contributed by atoms with Gasteiger partial charge >= 0.3 is 12.0 Å². The molecule has 2 fully saturated rings. The van der Waals surface area contributed by atoms with Gasteiger partial charge in [0.25, 0.3) is 5.91 Å². The Morgan fingerprint density at radius 2 is 1.96 bits per heavy atom. The van der Waals surface area contributed by atoms with Crippen LogP contribution >= 0.6 is 0 Å². The van der Waals surface area contributed by atoms with Crippen molar-refractivity contribution in [2.75, 3.05) is 26.7 Å². The fraction of sp³-hybridized carbons (Fsp3) is 0.765. The Balaban J connectivity index is 1.87. The summed E-state index contributed by atoms with van der Waals surface area (Å²) in [4.78, 5) is 41.6. The van der Waals surface area contributed by atoms with Gasteiger partial charge in [0, 0.05) is 20.1 Å². The highest BCUT2D eigenvalue weighted by Gasteiger charge is 2.48. The predicted molar refractivity (Wildman–Crippen MR) is 96.6 cm³/mol. The Bertz CT molecular complexity index is 605. The number of carbonyl (C=O) groups is 3. The molecule has 3 amide bonds. The molecule has 0 radical (unpaired) electrons. The molecule has 0 aliphatic carbocycles. The Labute approximate surface area is 153 Å². The van der Waals surface area contributed by atoms with Crippen LogP contribution in [0.1, 0.15) is 40.5 Å². The molecule has 0 aromatic carbocycles. The van der Waals surface area contributed by atoms with E-state index in [9.17, 15) is 14.4 Å². The molecule has 3 N–H and O–H groups in total. The lowest BCUT2D eigenvalue weighted by Crippen LogP contribution is -2.55. The number of ether oxygens (including phenoxy) is 1. The van der Waals surface area contributed by atoms with Gasteiger partial charge in [0.1, 0.15) is 17.7 Å². The molecule has 0 saturated carbocycles. The first-order valence-electron chi connectivity index (χ1n) is 8.86. The maximum atomic E-state index is 12.1. The van der Waals surface area contributed by atoms with Crippen LogP contribution in [0, 0.1) is 5.92 Å². The molecule has 0 aromatic heterocycles. The third kappa shape index (κ3) is 4.64. The lowest BCUT2D eigenvalue weighted by atomic mass is 9.79. The van der Waals surface area contributed by atoms with Gasteiger partial charge in [0.2, 0.25) is 0 Å². The number of carbonyl (C=O) groups excluding carboxylic acids is 3. The van der Waals surface area contributed by atoms with E-state index in [2.05, 4.69) is 20.9 Å². The van der Waals surface area contributed by atoms with Crippen LogP contribution in [0.2, 0.25) is 0 Å². The normalized spacial score (nSPS) is 25.0. The second-order valence-corrected chi connectivity index (χ2v) is 7.86. The third-order valence-electron chi connectivity index (χ3n) is 4.71. The van der Waals surface area contributed by atoms with Crippen molar-refractivity contribution in [3.8, 4) is 0 Å². The number of aliphatic imine (C=N–C) groups is 1. The molecular formula is C17H29N5O4. The Morgan fingerprint density at radius 3 is 2.42 bits per heavy atom. The maximum absolute atomic E-state index is 12.1. The van der Waals surface area contributed by atoms with Crippen molar-refractivity contribution in [1.82, 2.24) is 20.9 Å².